The highest BCUT2D eigenvalue weighted by atomic mass is 16.1. The van der Waals surface area contributed by atoms with Crippen molar-refractivity contribution in [2.45, 2.75) is 65.7 Å². The summed E-state index contributed by atoms with van der Waals surface area (Å²) < 4.78 is 0. The third-order valence-corrected chi connectivity index (χ3v) is 8.88. The third kappa shape index (κ3) is 2.39. The number of nitrogens with zero attached hydrogens (tertiary/aromatic N) is 1. The number of fused-ring (bicyclic) bond motifs is 5. The molecule has 0 aromatic carbocycles. The Morgan fingerprint density at radius 3 is 2.73 bits per heavy atom. The average Bonchev–Trinajstić information content (AvgIpc) is 2.89. The lowest BCUT2D eigenvalue weighted by Gasteiger charge is -2.56. The monoisotopic (exact) mass is 351 g/mol. The summed E-state index contributed by atoms with van der Waals surface area (Å²) in [4.78, 5) is 12.3. The average molecular weight is 352 g/mol. The van der Waals surface area contributed by atoms with Crippen molar-refractivity contribution in [3.05, 3.63) is 23.8 Å². The Balaban J connectivity index is 1.72. The Hall–Kier alpha value is -1.36. The van der Waals surface area contributed by atoms with Crippen molar-refractivity contribution in [2.75, 3.05) is 0 Å². The quantitative estimate of drug-likeness (QED) is 0.598. The Kier molecular flexibility index (Phi) is 4.41. The van der Waals surface area contributed by atoms with E-state index < -0.39 is 5.92 Å². The van der Waals surface area contributed by atoms with Crippen LogP contribution in [-0.2, 0) is 4.79 Å². The van der Waals surface area contributed by atoms with Gasteiger partial charge in [0.25, 0.3) is 0 Å². The minimum absolute atomic E-state index is 0.0630. The van der Waals surface area contributed by atoms with Crippen molar-refractivity contribution in [1.82, 2.24) is 0 Å². The highest BCUT2D eigenvalue weighted by Crippen LogP contribution is 2.66. The first-order chi connectivity index (χ1) is 12.4. The maximum absolute atomic E-state index is 12.3. The zero-order valence-corrected chi connectivity index (χ0v) is 16.6. The third-order valence-electron chi connectivity index (χ3n) is 8.88. The second-order valence-electron chi connectivity index (χ2n) is 9.73. The van der Waals surface area contributed by atoms with Crippen molar-refractivity contribution in [3.8, 4) is 6.07 Å². The van der Waals surface area contributed by atoms with Gasteiger partial charge in [0.1, 0.15) is 5.92 Å². The molecule has 0 radical (unpaired) electrons. The first kappa shape index (κ1) is 18.0. The molecular weight excluding hydrogens is 318 g/mol. The lowest BCUT2D eigenvalue weighted by Crippen LogP contribution is -2.50. The lowest BCUT2D eigenvalue weighted by atomic mass is 9.48. The van der Waals surface area contributed by atoms with Crippen LogP contribution in [-0.4, -0.2) is 5.78 Å². The molecule has 3 fully saturated rings. The van der Waals surface area contributed by atoms with Gasteiger partial charge < -0.3 is 0 Å². The van der Waals surface area contributed by atoms with Crippen LogP contribution in [0.5, 0.6) is 0 Å². The van der Waals surface area contributed by atoms with Gasteiger partial charge in [-0.2, -0.15) is 5.26 Å². The number of hydrogen-bond donors (Lipinski definition) is 0. The number of nitriles is 1. The van der Waals surface area contributed by atoms with E-state index in [9.17, 15) is 10.1 Å². The molecule has 2 nitrogen and oxygen atoms in total. The molecular formula is C24H33NO. The van der Waals surface area contributed by atoms with Gasteiger partial charge in [0, 0.05) is 0 Å². The molecule has 0 spiro atoms. The molecule has 0 bridgehead atoms. The molecule has 0 aromatic rings. The molecule has 0 heterocycles. The molecule has 8 atom stereocenters. The highest BCUT2D eigenvalue weighted by molar-refractivity contribution is 5.95. The van der Waals surface area contributed by atoms with Gasteiger partial charge in [0.05, 0.1) is 6.07 Å². The van der Waals surface area contributed by atoms with Crippen LogP contribution in [0.4, 0.5) is 0 Å². The summed E-state index contributed by atoms with van der Waals surface area (Å²) in [6, 6.07) is 2.28. The number of hydrogen-bond acceptors (Lipinski definition) is 2. The predicted octanol–water partition coefficient (Wildman–Crippen LogP) is 5.71. The van der Waals surface area contributed by atoms with E-state index in [4.69, 9.17) is 0 Å². The molecule has 2 heteroatoms. The molecule has 3 saturated carbocycles. The van der Waals surface area contributed by atoms with Crippen LogP contribution in [0.1, 0.15) is 65.7 Å². The molecule has 0 saturated heterocycles. The first-order valence-corrected chi connectivity index (χ1v) is 10.8. The van der Waals surface area contributed by atoms with E-state index in [1.165, 1.54) is 43.3 Å². The minimum Gasteiger partial charge on any atom is -0.293 e. The van der Waals surface area contributed by atoms with Crippen LogP contribution in [0, 0.1) is 58.2 Å². The van der Waals surface area contributed by atoms with Gasteiger partial charge in [-0.25, -0.2) is 0 Å². The standard InChI is InChI=1S/C24H33NO/c1-5-15-10-16-12-22(26)17(13-25)11-19(16)18-7-8-24(4)20(6-2)14(3)9-21(24)23(15)18/h12,15,17-21,23H,3,5-11H2,1-2,4H3/t15-,17?,18-,19+,20-,21+,23-,24-/m1/s1. The summed E-state index contributed by atoms with van der Waals surface area (Å²) in [6.45, 7) is 11.7. The molecule has 26 heavy (non-hydrogen) atoms. The Morgan fingerprint density at radius 2 is 2.08 bits per heavy atom. The van der Waals surface area contributed by atoms with Gasteiger partial charge in [-0.15, -0.1) is 0 Å². The SMILES string of the molecule is C=C1C[C@H]2[C@@H]3[C@H](CC)CC4=CC(=O)C(C#N)C[C@@H]4[C@H]3CC[C@]2(C)[C@@H]1CC. The van der Waals surface area contributed by atoms with E-state index in [-0.39, 0.29) is 5.78 Å². The van der Waals surface area contributed by atoms with Gasteiger partial charge in [-0.3, -0.25) is 4.79 Å². The van der Waals surface area contributed by atoms with E-state index in [0.717, 1.165) is 24.7 Å². The number of allylic oxidation sites excluding steroid dienone is 2. The van der Waals surface area contributed by atoms with Gasteiger partial charge >= 0.3 is 0 Å². The highest BCUT2D eigenvalue weighted by Gasteiger charge is 2.59. The number of carbonyl (C=O) groups excluding carboxylic acids is 1. The fraction of sp³-hybridized carbons (Fsp3) is 0.750. The second-order valence-corrected chi connectivity index (χ2v) is 9.73. The van der Waals surface area contributed by atoms with Gasteiger partial charge in [-0.05, 0) is 85.5 Å². The summed E-state index contributed by atoms with van der Waals surface area (Å²) in [5.74, 6) is 3.69. The minimum atomic E-state index is -0.405. The Labute approximate surface area is 158 Å². The summed E-state index contributed by atoms with van der Waals surface area (Å²) in [6.07, 6.45) is 9.93. The smallest absolute Gasteiger partial charge is 0.172 e. The largest absolute Gasteiger partial charge is 0.293 e. The molecule has 4 aliphatic carbocycles. The van der Waals surface area contributed by atoms with E-state index in [1.54, 1.807) is 0 Å². The zero-order chi connectivity index (χ0) is 18.6. The van der Waals surface area contributed by atoms with Crippen LogP contribution in [0.25, 0.3) is 0 Å². The first-order valence-electron chi connectivity index (χ1n) is 10.8. The molecule has 0 N–H and O–H groups in total. The fourth-order valence-electron chi connectivity index (χ4n) is 7.73. The summed E-state index contributed by atoms with van der Waals surface area (Å²) in [5, 5.41) is 9.43. The number of ketones is 1. The van der Waals surface area contributed by atoms with Gasteiger partial charge in [-0.1, -0.05) is 44.9 Å². The van der Waals surface area contributed by atoms with Gasteiger partial charge in [0.15, 0.2) is 5.78 Å². The maximum Gasteiger partial charge on any atom is 0.172 e. The van der Waals surface area contributed by atoms with Crippen molar-refractivity contribution in [1.29, 1.82) is 5.26 Å². The van der Waals surface area contributed by atoms with Crippen LogP contribution in [0.15, 0.2) is 23.8 Å². The zero-order valence-electron chi connectivity index (χ0n) is 16.6. The molecule has 0 aromatic heterocycles. The maximum atomic E-state index is 12.3. The molecule has 140 valence electrons. The van der Waals surface area contributed by atoms with Crippen LogP contribution in [0.2, 0.25) is 0 Å². The summed E-state index contributed by atoms with van der Waals surface area (Å²) in [7, 11) is 0. The molecule has 1 unspecified atom stereocenters. The van der Waals surface area contributed by atoms with E-state index in [0.29, 0.717) is 29.1 Å². The molecule has 0 aliphatic heterocycles. The number of rotatable bonds is 2. The molecule has 0 amide bonds. The molecule has 4 aliphatic rings. The normalized spacial score (nSPS) is 47.5. The summed E-state index contributed by atoms with van der Waals surface area (Å²) in [5.41, 5.74) is 3.29. The predicted molar refractivity (Wildman–Crippen MR) is 104 cm³/mol. The Morgan fingerprint density at radius 1 is 1.31 bits per heavy atom. The number of carbonyl (C=O) groups is 1. The van der Waals surface area contributed by atoms with Crippen LogP contribution < -0.4 is 0 Å². The van der Waals surface area contributed by atoms with Crippen molar-refractivity contribution >= 4 is 5.78 Å². The van der Waals surface area contributed by atoms with Crippen molar-refractivity contribution in [3.63, 3.8) is 0 Å². The topological polar surface area (TPSA) is 40.9 Å². The van der Waals surface area contributed by atoms with Crippen LogP contribution >= 0.6 is 0 Å². The van der Waals surface area contributed by atoms with Crippen LogP contribution in [0.3, 0.4) is 0 Å². The Bertz CT molecular complexity index is 697. The molecule has 4 rings (SSSR count). The van der Waals surface area contributed by atoms with E-state index in [1.807, 2.05) is 6.08 Å². The lowest BCUT2D eigenvalue weighted by molar-refractivity contribution is -0.119. The van der Waals surface area contributed by atoms with Gasteiger partial charge in [0.2, 0.25) is 0 Å². The summed E-state index contributed by atoms with van der Waals surface area (Å²) >= 11 is 0. The van der Waals surface area contributed by atoms with E-state index >= 15 is 0 Å². The second kappa shape index (κ2) is 6.36. The van der Waals surface area contributed by atoms with E-state index in [2.05, 4.69) is 33.4 Å². The van der Waals surface area contributed by atoms with Crippen molar-refractivity contribution < 1.29 is 4.79 Å². The van der Waals surface area contributed by atoms with Crippen molar-refractivity contribution in [2.24, 2.45) is 46.8 Å². The fourth-order valence-corrected chi connectivity index (χ4v) is 7.73.